The number of anilines is 2. The van der Waals surface area contributed by atoms with Crippen LogP contribution in [-0.2, 0) is 14.6 Å². The first-order valence-corrected chi connectivity index (χ1v) is 10.3. The number of unbranched alkanes of at least 4 members (excludes halogenated alkanes) is 3. The van der Waals surface area contributed by atoms with Gasteiger partial charge in [-0.25, -0.2) is 17.2 Å². The lowest BCUT2D eigenvalue weighted by Gasteiger charge is -2.08. The van der Waals surface area contributed by atoms with Crippen LogP contribution in [0.4, 0.5) is 20.2 Å². The number of halogens is 2. The summed E-state index contributed by atoms with van der Waals surface area (Å²) in [5, 5.41) is 2.62. The molecule has 0 heterocycles. The second-order valence-corrected chi connectivity index (χ2v) is 8.33. The molecule has 0 aliphatic rings. The number of hydrogen-bond donors (Lipinski definition) is 2. The second kappa shape index (κ2) is 9.45. The lowest BCUT2D eigenvalue weighted by Crippen LogP contribution is -2.12. The molecule has 0 saturated heterocycles. The third-order valence-corrected chi connectivity index (χ3v) is 5.84. The quantitative estimate of drug-likeness (QED) is 0.382. The fraction of sp³-hybridized carbons (Fsp3) is 0.316. The molecule has 0 saturated carbocycles. The summed E-state index contributed by atoms with van der Waals surface area (Å²) in [5.74, 6) is -1.19. The van der Waals surface area contributed by atoms with E-state index >= 15 is 0 Å². The smallest absolute Gasteiger partial charge is 0.224 e. The van der Waals surface area contributed by atoms with Crippen LogP contribution in [0, 0.1) is 11.6 Å². The van der Waals surface area contributed by atoms with E-state index in [1.807, 2.05) is 0 Å². The van der Waals surface area contributed by atoms with E-state index in [9.17, 15) is 22.0 Å². The van der Waals surface area contributed by atoms with E-state index in [1.165, 1.54) is 24.3 Å². The summed E-state index contributed by atoms with van der Waals surface area (Å²) in [4.78, 5) is 12.0. The molecule has 2 aromatic carbocycles. The topological polar surface area (TPSA) is 89.3 Å². The molecule has 0 aliphatic carbocycles. The predicted molar refractivity (Wildman–Crippen MR) is 101 cm³/mol. The maximum absolute atomic E-state index is 13.0. The average Bonchev–Trinajstić information content (AvgIpc) is 2.61. The monoisotopic (exact) mass is 396 g/mol. The highest BCUT2D eigenvalue weighted by atomic mass is 32.2. The average molecular weight is 396 g/mol. The van der Waals surface area contributed by atoms with Gasteiger partial charge in [-0.1, -0.05) is 12.8 Å². The number of amides is 1. The molecular weight excluding hydrogens is 374 g/mol. The zero-order valence-electron chi connectivity index (χ0n) is 14.8. The number of carbonyl (C=O) groups excluding carboxylic acids is 1. The van der Waals surface area contributed by atoms with Crippen molar-refractivity contribution in [3.63, 3.8) is 0 Å². The van der Waals surface area contributed by atoms with Gasteiger partial charge in [-0.2, -0.15) is 0 Å². The zero-order chi connectivity index (χ0) is 19.9. The largest absolute Gasteiger partial charge is 0.397 e. The standard InChI is InChI=1S/C19H22F2N2O3S/c20-14-6-9-16(10-7-14)27(25,26)12-4-2-1-3-5-19(24)23-18-11-8-15(21)13-17(18)22/h6-11,13H,1-5,12,22H2,(H,23,24). The summed E-state index contributed by atoms with van der Waals surface area (Å²) >= 11 is 0. The molecule has 0 fully saturated rings. The Bertz CT molecular complexity index is 884. The number of rotatable bonds is 9. The highest BCUT2D eigenvalue weighted by molar-refractivity contribution is 7.91. The van der Waals surface area contributed by atoms with Crippen LogP contribution in [0.1, 0.15) is 32.1 Å². The predicted octanol–water partition coefficient (Wildman–Crippen LogP) is 3.91. The number of nitrogens with one attached hydrogen (secondary N) is 1. The van der Waals surface area contributed by atoms with Crippen LogP contribution in [0.3, 0.4) is 0 Å². The van der Waals surface area contributed by atoms with Crippen molar-refractivity contribution < 1.29 is 22.0 Å². The first-order valence-electron chi connectivity index (χ1n) is 8.61. The van der Waals surface area contributed by atoms with Crippen molar-refractivity contribution in [2.75, 3.05) is 16.8 Å². The van der Waals surface area contributed by atoms with E-state index in [0.717, 1.165) is 18.2 Å². The summed E-state index contributed by atoms with van der Waals surface area (Å²) in [6, 6.07) is 8.53. The SMILES string of the molecule is Nc1cc(F)ccc1NC(=O)CCCCCCS(=O)(=O)c1ccc(F)cc1. The molecule has 0 unspecified atom stereocenters. The van der Waals surface area contributed by atoms with E-state index in [-0.39, 0.29) is 28.7 Å². The van der Waals surface area contributed by atoms with Crippen LogP contribution in [0.25, 0.3) is 0 Å². The van der Waals surface area contributed by atoms with Crippen LogP contribution in [0.5, 0.6) is 0 Å². The summed E-state index contributed by atoms with van der Waals surface area (Å²) < 4.78 is 50.1. The van der Waals surface area contributed by atoms with Crippen molar-refractivity contribution in [1.29, 1.82) is 0 Å². The highest BCUT2D eigenvalue weighted by Gasteiger charge is 2.14. The molecule has 2 rings (SSSR count). The molecule has 27 heavy (non-hydrogen) atoms. The maximum Gasteiger partial charge on any atom is 0.224 e. The minimum Gasteiger partial charge on any atom is -0.397 e. The molecule has 146 valence electrons. The highest BCUT2D eigenvalue weighted by Crippen LogP contribution is 2.20. The maximum atomic E-state index is 13.0. The first-order chi connectivity index (χ1) is 12.8. The third-order valence-electron chi connectivity index (χ3n) is 4.03. The minimum absolute atomic E-state index is 0.0169. The van der Waals surface area contributed by atoms with E-state index in [2.05, 4.69) is 5.32 Å². The Hall–Kier alpha value is -2.48. The number of carbonyl (C=O) groups is 1. The number of nitrogen functional groups attached to an aromatic ring is 1. The Kier molecular flexibility index (Phi) is 7.29. The molecular formula is C19H22F2N2O3S. The summed E-state index contributed by atoms with van der Waals surface area (Å²) in [5.41, 5.74) is 6.16. The van der Waals surface area contributed by atoms with Gasteiger partial charge in [0.1, 0.15) is 11.6 Å². The van der Waals surface area contributed by atoms with E-state index in [1.54, 1.807) is 0 Å². The summed E-state index contributed by atoms with van der Waals surface area (Å²) in [7, 11) is -3.42. The van der Waals surface area contributed by atoms with Crippen LogP contribution < -0.4 is 11.1 Å². The molecule has 5 nitrogen and oxygen atoms in total. The van der Waals surface area contributed by atoms with E-state index in [4.69, 9.17) is 5.73 Å². The van der Waals surface area contributed by atoms with Gasteiger partial charge in [0.25, 0.3) is 0 Å². The number of hydrogen-bond acceptors (Lipinski definition) is 4. The van der Waals surface area contributed by atoms with Crippen molar-refractivity contribution in [2.24, 2.45) is 0 Å². The Morgan fingerprint density at radius 2 is 1.56 bits per heavy atom. The number of benzene rings is 2. The van der Waals surface area contributed by atoms with Gasteiger partial charge in [-0.3, -0.25) is 4.79 Å². The Morgan fingerprint density at radius 3 is 2.22 bits per heavy atom. The van der Waals surface area contributed by atoms with Gasteiger partial charge in [-0.05, 0) is 55.3 Å². The second-order valence-electron chi connectivity index (χ2n) is 6.22. The van der Waals surface area contributed by atoms with Gasteiger partial charge >= 0.3 is 0 Å². The zero-order valence-corrected chi connectivity index (χ0v) is 15.6. The fourth-order valence-corrected chi connectivity index (χ4v) is 3.92. The normalized spacial score (nSPS) is 11.3. The molecule has 0 radical (unpaired) electrons. The molecule has 1 amide bonds. The van der Waals surface area contributed by atoms with E-state index < -0.39 is 21.5 Å². The molecule has 3 N–H and O–H groups in total. The van der Waals surface area contributed by atoms with Crippen molar-refractivity contribution in [1.82, 2.24) is 0 Å². The van der Waals surface area contributed by atoms with Crippen molar-refractivity contribution >= 4 is 27.1 Å². The Morgan fingerprint density at radius 1 is 0.926 bits per heavy atom. The number of nitrogens with two attached hydrogens (primary N) is 1. The summed E-state index contributed by atoms with van der Waals surface area (Å²) in [6.07, 6.45) is 2.69. The molecule has 0 aromatic heterocycles. The minimum atomic E-state index is -3.42. The lowest BCUT2D eigenvalue weighted by atomic mass is 10.1. The van der Waals surface area contributed by atoms with Gasteiger partial charge in [0.15, 0.2) is 9.84 Å². The Balaban J connectivity index is 1.66. The van der Waals surface area contributed by atoms with Gasteiger partial charge in [0.05, 0.1) is 22.0 Å². The van der Waals surface area contributed by atoms with Crippen LogP contribution in [0.2, 0.25) is 0 Å². The van der Waals surface area contributed by atoms with Crippen molar-refractivity contribution in [2.45, 2.75) is 37.0 Å². The van der Waals surface area contributed by atoms with Crippen molar-refractivity contribution in [3.8, 4) is 0 Å². The van der Waals surface area contributed by atoms with Crippen LogP contribution in [0.15, 0.2) is 47.4 Å². The molecule has 8 heteroatoms. The van der Waals surface area contributed by atoms with Crippen LogP contribution in [-0.4, -0.2) is 20.1 Å². The number of sulfone groups is 1. The van der Waals surface area contributed by atoms with Crippen LogP contribution >= 0.6 is 0 Å². The van der Waals surface area contributed by atoms with Gasteiger partial charge < -0.3 is 11.1 Å². The molecule has 0 atom stereocenters. The summed E-state index contributed by atoms with van der Waals surface area (Å²) in [6.45, 7) is 0. The molecule has 2 aromatic rings. The van der Waals surface area contributed by atoms with Crippen molar-refractivity contribution in [3.05, 3.63) is 54.1 Å². The molecule has 0 spiro atoms. The Labute approximate surface area is 157 Å². The lowest BCUT2D eigenvalue weighted by molar-refractivity contribution is -0.116. The molecule has 0 aliphatic heterocycles. The molecule has 0 bridgehead atoms. The van der Waals surface area contributed by atoms with Gasteiger partial charge in [-0.15, -0.1) is 0 Å². The van der Waals surface area contributed by atoms with Gasteiger partial charge in [0.2, 0.25) is 5.91 Å². The van der Waals surface area contributed by atoms with Gasteiger partial charge in [0, 0.05) is 6.42 Å². The first kappa shape index (κ1) is 20.8. The third kappa shape index (κ3) is 6.63. The van der Waals surface area contributed by atoms with E-state index in [0.29, 0.717) is 31.4 Å². The fourth-order valence-electron chi connectivity index (χ4n) is 2.55.